The highest BCUT2D eigenvalue weighted by Crippen LogP contribution is 2.28. The fourth-order valence-electron chi connectivity index (χ4n) is 2.42. The number of rotatable bonds is 2. The van der Waals surface area contributed by atoms with Crippen molar-refractivity contribution in [1.29, 1.82) is 0 Å². The van der Waals surface area contributed by atoms with Crippen LogP contribution >= 0.6 is 0 Å². The molecule has 1 N–H and O–H groups in total. The minimum absolute atomic E-state index is 0.137. The average Bonchev–Trinajstić information content (AvgIpc) is 2.37. The molecule has 1 aromatic rings. The predicted octanol–water partition coefficient (Wildman–Crippen LogP) is 3.41. The average molecular weight is 302 g/mol. The standard InChI is InChI=1S/C15H21F3N2O/c1-14(2,3)13-10-20(9-8-19-13)11-4-6-12(7-5-11)21-15(16,17)18/h4-7,13,19H,8-10H2,1-3H3. The van der Waals surface area contributed by atoms with Crippen LogP contribution in [0.4, 0.5) is 18.9 Å². The number of halogens is 3. The number of alkyl halides is 3. The van der Waals surface area contributed by atoms with Gasteiger partial charge < -0.3 is 15.0 Å². The summed E-state index contributed by atoms with van der Waals surface area (Å²) in [6.45, 7) is 9.06. The van der Waals surface area contributed by atoms with Crippen molar-refractivity contribution >= 4 is 5.69 Å². The van der Waals surface area contributed by atoms with Crippen LogP contribution in [-0.4, -0.2) is 32.0 Å². The molecule has 1 atom stereocenters. The van der Waals surface area contributed by atoms with Crippen LogP contribution in [0, 0.1) is 5.41 Å². The van der Waals surface area contributed by atoms with Gasteiger partial charge in [0.2, 0.25) is 0 Å². The highest BCUT2D eigenvalue weighted by Gasteiger charge is 2.31. The van der Waals surface area contributed by atoms with Crippen molar-refractivity contribution in [3.05, 3.63) is 24.3 Å². The Bertz CT molecular complexity index is 465. The molecule has 0 aromatic heterocycles. The molecule has 2 rings (SSSR count). The maximum Gasteiger partial charge on any atom is 0.573 e. The van der Waals surface area contributed by atoms with Crippen LogP contribution in [-0.2, 0) is 0 Å². The molecule has 1 unspecified atom stereocenters. The summed E-state index contributed by atoms with van der Waals surface area (Å²) in [5.74, 6) is -0.186. The maximum absolute atomic E-state index is 12.1. The van der Waals surface area contributed by atoms with Crippen molar-refractivity contribution in [3.8, 4) is 5.75 Å². The molecule has 1 fully saturated rings. The Balaban J connectivity index is 2.05. The van der Waals surface area contributed by atoms with Gasteiger partial charge in [-0.1, -0.05) is 20.8 Å². The molecule has 1 aliphatic rings. The molecule has 0 saturated carbocycles. The Labute approximate surface area is 123 Å². The van der Waals surface area contributed by atoms with Gasteiger partial charge in [-0.25, -0.2) is 0 Å². The van der Waals surface area contributed by atoms with Crippen LogP contribution in [0.2, 0.25) is 0 Å². The molecule has 0 amide bonds. The summed E-state index contributed by atoms with van der Waals surface area (Å²) in [7, 11) is 0. The lowest BCUT2D eigenvalue weighted by atomic mass is 9.85. The summed E-state index contributed by atoms with van der Waals surface area (Å²) in [5.41, 5.74) is 1.05. The zero-order chi connectivity index (χ0) is 15.7. The monoisotopic (exact) mass is 302 g/mol. The molecule has 0 bridgehead atoms. The van der Waals surface area contributed by atoms with Gasteiger partial charge in [-0.05, 0) is 29.7 Å². The molecule has 1 saturated heterocycles. The Hall–Kier alpha value is -1.43. The number of ether oxygens (including phenoxy) is 1. The van der Waals surface area contributed by atoms with Crippen molar-refractivity contribution in [2.75, 3.05) is 24.5 Å². The summed E-state index contributed by atoms with van der Waals surface area (Å²) in [4.78, 5) is 2.18. The molecule has 1 aromatic carbocycles. The van der Waals surface area contributed by atoms with Crippen LogP contribution in [0.3, 0.4) is 0 Å². The van der Waals surface area contributed by atoms with Gasteiger partial charge in [-0.3, -0.25) is 0 Å². The number of benzene rings is 1. The fourth-order valence-corrected chi connectivity index (χ4v) is 2.42. The van der Waals surface area contributed by atoms with Crippen LogP contribution in [0.25, 0.3) is 0 Å². The lowest BCUT2D eigenvalue weighted by Crippen LogP contribution is -2.56. The van der Waals surface area contributed by atoms with Gasteiger partial charge in [0.15, 0.2) is 0 Å². The van der Waals surface area contributed by atoms with Gasteiger partial charge in [0.05, 0.1) is 0 Å². The van der Waals surface area contributed by atoms with E-state index in [-0.39, 0.29) is 11.2 Å². The highest BCUT2D eigenvalue weighted by molar-refractivity contribution is 5.49. The summed E-state index contributed by atoms with van der Waals surface area (Å²) < 4.78 is 40.3. The maximum atomic E-state index is 12.1. The summed E-state index contributed by atoms with van der Waals surface area (Å²) in [5, 5.41) is 3.49. The lowest BCUT2D eigenvalue weighted by molar-refractivity contribution is -0.274. The molecule has 1 heterocycles. The molecule has 21 heavy (non-hydrogen) atoms. The van der Waals surface area contributed by atoms with E-state index in [1.54, 1.807) is 12.1 Å². The zero-order valence-electron chi connectivity index (χ0n) is 12.5. The second-order valence-corrected chi connectivity index (χ2v) is 6.36. The number of nitrogens with one attached hydrogen (secondary N) is 1. The van der Waals surface area contributed by atoms with E-state index >= 15 is 0 Å². The first kappa shape index (κ1) is 15.9. The Morgan fingerprint density at radius 3 is 2.29 bits per heavy atom. The summed E-state index contributed by atoms with van der Waals surface area (Å²) in [6.07, 6.45) is -4.64. The van der Waals surface area contributed by atoms with E-state index in [1.165, 1.54) is 12.1 Å². The smallest absolute Gasteiger partial charge is 0.406 e. The second-order valence-electron chi connectivity index (χ2n) is 6.36. The highest BCUT2D eigenvalue weighted by atomic mass is 19.4. The molecule has 6 heteroatoms. The van der Waals surface area contributed by atoms with E-state index in [1.807, 2.05) is 0 Å². The second kappa shape index (κ2) is 5.75. The van der Waals surface area contributed by atoms with Crippen LogP contribution in [0.5, 0.6) is 5.75 Å². The van der Waals surface area contributed by atoms with Gasteiger partial charge in [-0.15, -0.1) is 13.2 Å². The van der Waals surface area contributed by atoms with Crippen LogP contribution in [0.1, 0.15) is 20.8 Å². The Kier molecular flexibility index (Phi) is 4.37. The van der Waals surface area contributed by atoms with Gasteiger partial charge in [0, 0.05) is 31.4 Å². The van der Waals surface area contributed by atoms with E-state index in [2.05, 4.69) is 35.7 Å². The van der Waals surface area contributed by atoms with Gasteiger partial charge in [-0.2, -0.15) is 0 Å². The molecule has 0 radical (unpaired) electrons. The molecular weight excluding hydrogens is 281 g/mol. The molecule has 3 nitrogen and oxygen atoms in total. The summed E-state index contributed by atoms with van der Waals surface area (Å²) in [6, 6.07) is 6.41. The first-order valence-corrected chi connectivity index (χ1v) is 6.99. The third-order valence-corrected chi connectivity index (χ3v) is 3.66. The quantitative estimate of drug-likeness (QED) is 0.906. The SMILES string of the molecule is CC(C)(C)C1CN(c2ccc(OC(F)(F)F)cc2)CCN1. The molecule has 0 aliphatic carbocycles. The predicted molar refractivity (Wildman–Crippen MR) is 76.6 cm³/mol. The zero-order valence-corrected chi connectivity index (χ0v) is 12.5. The van der Waals surface area contributed by atoms with Crippen LogP contribution < -0.4 is 15.0 Å². The van der Waals surface area contributed by atoms with Crippen molar-refractivity contribution < 1.29 is 17.9 Å². The van der Waals surface area contributed by atoms with Crippen LogP contribution in [0.15, 0.2) is 24.3 Å². The number of anilines is 1. The minimum Gasteiger partial charge on any atom is -0.406 e. The number of nitrogens with zero attached hydrogens (tertiary/aromatic N) is 1. The van der Waals surface area contributed by atoms with Gasteiger partial charge >= 0.3 is 6.36 Å². The molecule has 118 valence electrons. The number of piperazine rings is 1. The minimum atomic E-state index is -4.64. The lowest BCUT2D eigenvalue weighted by Gasteiger charge is -2.41. The van der Waals surface area contributed by atoms with E-state index in [4.69, 9.17) is 0 Å². The van der Waals surface area contributed by atoms with Gasteiger partial charge in [0.1, 0.15) is 5.75 Å². The summed E-state index contributed by atoms with van der Waals surface area (Å²) >= 11 is 0. The topological polar surface area (TPSA) is 24.5 Å². The molecule has 1 aliphatic heterocycles. The fraction of sp³-hybridized carbons (Fsp3) is 0.600. The third-order valence-electron chi connectivity index (χ3n) is 3.66. The van der Waals surface area contributed by atoms with Crippen molar-refractivity contribution in [3.63, 3.8) is 0 Å². The van der Waals surface area contributed by atoms with E-state index in [0.29, 0.717) is 6.04 Å². The Morgan fingerprint density at radius 2 is 1.76 bits per heavy atom. The van der Waals surface area contributed by atoms with E-state index in [9.17, 15) is 13.2 Å². The van der Waals surface area contributed by atoms with Crippen molar-refractivity contribution in [2.24, 2.45) is 5.41 Å². The first-order valence-electron chi connectivity index (χ1n) is 6.99. The Morgan fingerprint density at radius 1 is 1.14 bits per heavy atom. The number of hydrogen-bond donors (Lipinski definition) is 1. The third kappa shape index (κ3) is 4.52. The van der Waals surface area contributed by atoms with Crippen molar-refractivity contribution in [1.82, 2.24) is 5.32 Å². The largest absolute Gasteiger partial charge is 0.573 e. The first-order chi connectivity index (χ1) is 9.65. The van der Waals surface area contributed by atoms with E-state index < -0.39 is 6.36 Å². The van der Waals surface area contributed by atoms with Gasteiger partial charge in [0.25, 0.3) is 0 Å². The normalized spacial score (nSPS) is 20.5. The number of hydrogen-bond acceptors (Lipinski definition) is 3. The molecule has 0 spiro atoms. The molecular formula is C15H21F3N2O. The van der Waals surface area contributed by atoms with E-state index in [0.717, 1.165) is 25.3 Å². The van der Waals surface area contributed by atoms with Crippen molar-refractivity contribution in [2.45, 2.75) is 33.2 Å².